The van der Waals surface area contributed by atoms with Crippen LogP contribution in [0.1, 0.15) is 40.5 Å². The van der Waals surface area contributed by atoms with Crippen LogP contribution in [-0.2, 0) is 11.2 Å². The largest absolute Gasteiger partial charge is 0.480 e. The zero-order valence-corrected chi connectivity index (χ0v) is 18.5. The van der Waals surface area contributed by atoms with Gasteiger partial charge in [-0.2, -0.15) is 0 Å². The second kappa shape index (κ2) is 9.99. The maximum Gasteiger partial charge on any atom is 0.415 e. The number of carbonyl (C=O) groups excluding carboxylic acids is 2. The highest BCUT2D eigenvalue weighted by Gasteiger charge is 2.20. The summed E-state index contributed by atoms with van der Waals surface area (Å²) in [4.78, 5) is 40.5. The minimum Gasteiger partial charge on any atom is -0.480 e. The molecule has 0 radical (unpaired) electrons. The Hall–Kier alpha value is -4.14. The number of benzene rings is 2. The van der Waals surface area contributed by atoms with Crippen LogP contribution in [0.3, 0.4) is 0 Å². The van der Waals surface area contributed by atoms with Gasteiger partial charge in [-0.25, -0.2) is 4.79 Å². The van der Waals surface area contributed by atoms with Crippen molar-refractivity contribution in [2.24, 2.45) is 5.73 Å². The van der Waals surface area contributed by atoms with Gasteiger partial charge in [0, 0.05) is 40.7 Å². The standard InChI is InChI=1S/C24H26N4O5/c1-3-28(13-21(30)31)24(32)33-17-9-10-19-18(12-17)22(14(2)27-19)20(29)11-6-15-4-7-16(8-5-15)23(25)26/h4-5,7-10,12,27H,3,6,11,13H2,1-2H3,(H3,25,26)(H,30,31). The number of nitrogens with two attached hydrogens (primary N) is 1. The third kappa shape index (κ3) is 5.57. The molecule has 0 spiro atoms. The van der Waals surface area contributed by atoms with Gasteiger partial charge in [-0.3, -0.25) is 19.9 Å². The molecule has 172 valence electrons. The lowest BCUT2D eigenvalue weighted by atomic mass is 9.99. The molecule has 5 N–H and O–H groups in total. The lowest BCUT2D eigenvalue weighted by Crippen LogP contribution is -2.37. The van der Waals surface area contributed by atoms with Gasteiger partial charge < -0.3 is 20.6 Å². The van der Waals surface area contributed by atoms with Gasteiger partial charge in [0.15, 0.2) is 5.78 Å². The molecule has 0 saturated heterocycles. The van der Waals surface area contributed by atoms with Gasteiger partial charge in [0.25, 0.3) is 0 Å². The average molecular weight is 450 g/mol. The zero-order valence-electron chi connectivity index (χ0n) is 18.5. The number of Topliss-reactive ketones (excluding diaryl/α,β-unsaturated/α-hetero) is 1. The van der Waals surface area contributed by atoms with E-state index in [1.807, 2.05) is 19.1 Å². The van der Waals surface area contributed by atoms with Crippen LogP contribution in [-0.4, -0.2) is 51.8 Å². The molecule has 1 heterocycles. The summed E-state index contributed by atoms with van der Waals surface area (Å²) in [6.07, 6.45) is 0.0335. The number of nitrogens with one attached hydrogen (secondary N) is 2. The van der Waals surface area contributed by atoms with Crippen molar-refractivity contribution in [1.82, 2.24) is 9.88 Å². The molecular weight excluding hydrogens is 424 g/mol. The number of carboxylic acid groups (broad SMARTS) is 1. The molecular formula is C24H26N4O5. The SMILES string of the molecule is CCN(CC(=O)O)C(=O)Oc1ccc2[nH]c(C)c(C(=O)CCc3ccc(C(=N)N)cc3)c2c1. The number of amides is 1. The maximum absolute atomic E-state index is 13.0. The molecule has 9 nitrogen and oxygen atoms in total. The summed E-state index contributed by atoms with van der Waals surface area (Å²) in [7, 11) is 0. The molecule has 3 rings (SSSR count). The molecule has 3 aromatic rings. The molecule has 33 heavy (non-hydrogen) atoms. The van der Waals surface area contributed by atoms with Crippen molar-refractivity contribution in [3.63, 3.8) is 0 Å². The van der Waals surface area contributed by atoms with Crippen molar-refractivity contribution in [3.05, 3.63) is 64.8 Å². The van der Waals surface area contributed by atoms with E-state index in [1.54, 1.807) is 37.3 Å². The fourth-order valence-electron chi connectivity index (χ4n) is 3.60. The van der Waals surface area contributed by atoms with Crippen LogP contribution in [0.2, 0.25) is 0 Å². The Morgan fingerprint density at radius 1 is 1.15 bits per heavy atom. The van der Waals surface area contributed by atoms with Gasteiger partial charge in [0.05, 0.1) is 0 Å². The fourth-order valence-corrected chi connectivity index (χ4v) is 3.60. The minimum atomic E-state index is -1.13. The fraction of sp³-hybridized carbons (Fsp3) is 0.250. The highest BCUT2D eigenvalue weighted by Crippen LogP contribution is 2.28. The van der Waals surface area contributed by atoms with Crippen LogP contribution < -0.4 is 10.5 Å². The number of nitrogen functional groups attached to an aromatic ring is 1. The quantitative estimate of drug-likeness (QED) is 0.223. The smallest absolute Gasteiger partial charge is 0.415 e. The highest BCUT2D eigenvalue weighted by molar-refractivity contribution is 6.09. The molecule has 0 saturated carbocycles. The van der Waals surface area contributed by atoms with Crippen molar-refractivity contribution in [2.75, 3.05) is 13.1 Å². The number of nitrogens with zero attached hydrogens (tertiary/aromatic N) is 1. The number of rotatable bonds is 9. The summed E-state index contributed by atoms with van der Waals surface area (Å²) in [5.41, 5.74) is 9.04. The number of hydrogen-bond acceptors (Lipinski definition) is 5. The monoisotopic (exact) mass is 450 g/mol. The van der Waals surface area contributed by atoms with Crippen LogP contribution >= 0.6 is 0 Å². The third-order valence-electron chi connectivity index (χ3n) is 5.31. The van der Waals surface area contributed by atoms with Gasteiger partial charge in [-0.1, -0.05) is 24.3 Å². The van der Waals surface area contributed by atoms with Crippen LogP contribution in [0.25, 0.3) is 10.9 Å². The second-order valence-corrected chi connectivity index (χ2v) is 7.64. The van der Waals surface area contributed by atoms with Crippen molar-refractivity contribution in [2.45, 2.75) is 26.7 Å². The number of aliphatic carboxylic acids is 1. The molecule has 1 aromatic heterocycles. The lowest BCUT2D eigenvalue weighted by Gasteiger charge is -2.17. The number of ketones is 1. The first-order chi connectivity index (χ1) is 15.7. The van der Waals surface area contributed by atoms with Gasteiger partial charge in [-0.15, -0.1) is 0 Å². The van der Waals surface area contributed by atoms with Gasteiger partial charge in [0.2, 0.25) is 0 Å². The average Bonchev–Trinajstić information content (AvgIpc) is 3.10. The molecule has 0 atom stereocenters. The molecule has 2 aromatic carbocycles. The molecule has 9 heteroatoms. The number of carbonyl (C=O) groups is 3. The van der Waals surface area contributed by atoms with Crippen LogP contribution in [0.15, 0.2) is 42.5 Å². The number of aromatic nitrogens is 1. The topological polar surface area (TPSA) is 150 Å². The lowest BCUT2D eigenvalue weighted by molar-refractivity contribution is -0.137. The van der Waals surface area contributed by atoms with Crippen LogP contribution in [0.4, 0.5) is 4.79 Å². The predicted octanol–water partition coefficient (Wildman–Crippen LogP) is 3.48. The molecule has 0 unspecified atom stereocenters. The molecule has 0 aliphatic heterocycles. The van der Waals surface area contributed by atoms with E-state index in [1.165, 1.54) is 0 Å². The van der Waals surface area contributed by atoms with E-state index < -0.39 is 18.6 Å². The van der Waals surface area contributed by atoms with Gasteiger partial charge >= 0.3 is 12.1 Å². The highest BCUT2D eigenvalue weighted by atomic mass is 16.6. The minimum absolute atomic E-state index is 0.00596. The van der Waals surface area contributed by atoms with E-state index in [0.717, 1.165) is 16.0 Å². The summed E-state index contributed by atoms with van der Waals surface area (Å²) in [5, 5.41) is 17.0. The number of hydrogen-bond donors (Lipinski definition) is 4. The normalized spacial score (nSPS) is 10.7. The van der Waals surface area contributed by atoms with Crippen molar-refractivity contribution >= 4 is 34.6 Å². The molecule has 0 aliphatic rings. The Labute approximate surface area is 190 Å². The molecule has 0 aliphatic carbocycles. The number of carboxylic acids is 1. The van der Waals surface area contributed by atoms with Crippen LogP contribution in [0, 0.1) is 12.3 Å². The number of aromatic amines is 1. The first kappa shape index (κ1) is 23.5. The van der Waals surface area contributed by atoms with Gasteiger partial charge in [0.1, 0.15) is 18.1 Å². The van der Waals surface area contributed by atoms with E-state index in [2.05, 4.69) is 4.98 Å². The van der Waals surface area contributed by atoms with Crippen LogP contribution in [0.5, 0.6) is 5.75 Å². The van der Waals surface area contributed by atoms with E-state index in [-0.39, 0.29) is 30.3 Å². The summed E-state index contributed by atoms with van der Waals surface area (Å²) in [6.45, 7) is 3.20. The van der Waals surface area contributed by atoms with Crippen molar-refractivity contribution in [3.8, 4) is 5.75 Å². The Morgan fingerprint density at radius 2 is 1.85 bits per heavy atom. The third-order valence-corrected chi connectivity index (χ3v) is 5.31. The molecule has 0 bridgehead atoms. The van der Waals surface area contributed by atoms with Crippen molar-refractivity contribution in [1.29, 1.82) is 5.41 Å². The summed E-state index contributed by atoms with van der Waals surface area (Å²) in [6, 6.07) is 12.1. The number of ether oxygens (including phenoxy) is 1. The molecule has 1 amide bonds. The number of H-pyrrole nitrogens is 1. The number of amidine groups is 1. The maximum atomic E-state index is 13.0. The number of aryl methyl sites for hydroxylation is 2. The summed E-state index contributed by atoms with van der Waals surface area (Å²) >= 11 is 0. The second-order valence-electron chi connectivity index (χ2n) is 7.64. The Balaban J connectivity index is 1.77. The Morgan fingerprint density at radius 3 is 2.45 bits per heavy atom. The number of likely N-dealkylation sites (N-methyl/N-ethyl adjacent to an activating group) is 1. The van der Waals surface area contributed by atoms with E-state index in [9.17, 15) is 14.4 Å². The Kier molecular flexibility index (Phi) is 7.12. The Bertz CT molecular complexity index is 1210. The first-order valence-corrected chi connectivity index (χ1v) is 10.5. The number of fused-ring (bicyclic) bond motifs is 1. The van der Waals surface area contributed by atoms with E-state index in [4.69, 9.17) is 21.0 Å². The van der Waals surface area contributed by atoms with Crippen molar-refractivity contribution < 1.29 is 24.2 Å². The zero-order chi connectivity index (χ0) is 24.1. The summed E-state index contributed by atoms with van der Waals surface area (Å²) in [5.74, 6) is -0.967. The molecule has 0 fully saturated rings. The summed E-state index contributed by atoms with van der Waals surface area (Å²) < 4.78 is 5.35. The van der Waals surface area contributed by atoms with E-state index >= 15 is 0 Å². The van der Waals surface area contributed by atoms with E-state index in [0.29, 0.717) is 28.6 Å². The van der Waals surface area contributed by atoms with Gasteiger partial charge in [-0.05, 0) is 44.0 Å². The first-order valence-electron chi connectivity index (χ1n) is 10.5. The predicted molar refractivity (Wildman–Crippen MR) is 124 cm³/mol.